The molecule has 0 aromatic carbocycles. The normalized spacial score (nSPS) is 14.1. The van der Waals surface area contributed by atoms with Gasteiger partial charge in [-0.1, -0.05) is 255 Å². The van der Waals surface area contributed by atoms with Gasteiger partial charge < -0.3 is 28.5 Å². The van der Waals surface area contributed by atoms with E-state index < -0.39 is 26.6 Å². The molecule has 1 amide bonds. The number of nitrogens with zero attached hydrogens (tertiary/aromatic N) is 1. The number of rotatable bonds is 55. The summed E-state index contributed by atoms with van der Waals surface area (Å²) in [6.07, 6.45) is 66.2. The van der Waals surface area contributed by atoms with Gasteiger partial charge in [-0.25, -0.2) is 0 Å². The van der Waals surface area contributed by atoms with Gasteiger partial charge in [0, 0.05) is 12.8 Å². The second-order valence-electron chi connectivity index (χ2n) is 21.8. The third kappa shape index (κ3) is 54.3. The number of phosphoric acid groups is 1. The van der Waals surface area contributed by atoms with Crippen LogP contribution in [-0.4, -0.2) is 69.4 Å². The molecule has 0 aliphatic rings. The summed E-state index contributed by atoms with van der Waals surface area (Å²) in [5.74, 6) is -0.570. The van der Waals surface area contributed by atoms with Crippen molar-refractivity contribution in [3.63, 3.8) is 0 Å². The van der Waals surface area contributed by atoms with Crippen molar-refractivity contribution >= 4 is 19.7 Å². The Morgan fingerprint density at radius 1 is 0.493 bits per heavy atom. The van der Waals surface area contributed by atoms with E-state index in [1.807, 2.05) is 33.3 Å². The first-order valence-corrected chi connectivity index (χ1v) is 32.1. The molecule has 0 aliphatic heterocycles. The number of hydrogen-bond acceptors (Lipinski definition) is 7. The number of carbonyl (C=O) groups is 2. The molecular formula is C63H117N2O7P. The van der Waals surface area contributed by atoms with Crippen molar-refractivity contribution in [1.29, 1.82) is 0 Å². The monoisotopic (exact) mass is 1040 g/mol. The lowest BCUT2D eigenvalue weighted by Crippen LogP contribution is -2.47. The molecule has 73 heavy (non-hydrogen) atoms. The first kappa shape index (κ1) is 70.7. The Hall–Kier alpha value is -2.29. The summed E-state index contributed by atoms with van der Waals surface area (Å²) in [4.78, 5) is 39.9. The van der Waals surface area contributed by atoms with E-state index in [1.54, 1.807) is 0 Å². The van der Waals surface area contributed by atoms with Crippen molar-refractivity contribution in [1.82, 2.24) is 5.32 Å². The van der Waals surface area contributed by atoms with Crippen LogP contribution in [0.2, 0.25) is 0 Å². The fourth-order valence-electron chi connectivity index (χ4n) is 8.75. The Balaban J connectivity index is 5.29. The molecule has 0 heterocycles. The number of likely N-dealkylation sites (N-methyl/N-ethyl adjacent to an activating group) is 1. The zero-order valence-electron chi connectivity index (χ0n) is 48.6. The van der Waals surface area contributed by atoms with Crippen LogP contribution in [0.5, 0.6) is 0 Å². The number of quaternary nitrogens is 1. The smallest absolute Gasteiger partial charge is 0.306 e. The summed E-state index contributed by atoms with van der Waals surface area (Å²) in [5.41, 5.74) is 0. The van der Waals surface area contributed by atoms with Crippen LogP contribution in [0.15, 0.2) is 60.8 Å². The van der Waals surface area contributed by atoms with Crippen LogP contribution in [0.25, 0.3) is 0 Å². The van der Waals surface area contributed by atoms with E-state index in [9.17, 15) is 19.0 Å². The number of nitrogens with one attached hydrogen (secondary N) is 1. The van der Waals surface area contributed by atoms with Gasteiger partial charge in [0.15, 0.2) is 0 Å². The highest BCUT2D eigenvalue weighted by Crippen LogP contribution is 2.38. The van der Waals surface area contributed by atoms with Gasteiger partial charge in [0.1, 0.15) is 19.3 Å². The molecule has 0 aliphatic carbocycles. The summed E-state index contributed by atoms with van der Waals surface area (Å²) < 4.78 is 30.3. The maximum absolute atomic E-state index is 13.5. The SMILES string of the molecule is CC/C=C/C/C=C/C/C=C/C/C=C/CCCCCC(=O)NC(COP(=O)([O-])OCC[N+](C)(C)C)C(/C=C/CCCCCCCCCCCC)OC(=O)CCCCCCCCCCCCCCCCCCCCC. The molecular weight excluding hydrogens is 928 g/mol. The molecule has 0 saturated carbocycles. The minimum Gasteiger partial charge on any atom is -0.756 e. The Bertz CT molecular complexity index is 1440. The average molecular weight is 1050 g/mol. The molecule has 0 rings (SSSR count). The van der Waals surface area contributed by atoms with Crippen molar-refractivity contribution < 1.29 is 37.3 Å². The molecule has 0 fully saturated rings. The lowest BCUT2D eigenvalue weighted by molar-refractivity contribution is -0.870. The molecule has 0 aromatic heterocycles. The largest absolute Gasteiger partial charge is 0.756 e. The predicted molar refractivity (Wildman–Crippen MR) is 312 cm³/mol. The van der Waals surface area contributed by atoms with Crippen LogP contribution in [0.1, 0.15) is 278 Å². The summed E-state index contributed by atoms with van der Waals surface area (Å²) in [7, 11) is 1.17. The number of allylic oxidation sites excluding steroid dienone is 9. The van der Waals surface area contributed by atoms with E-state index >= 15 is 0 Å². The molecule has 3 unspecified atom stereocenters. The quantitative estimate of drug-likeness (QED) is 0.0212. The Morgan fingerprint density at radius 3 is 1.33 bits per heavy atom. The number of amides is 1. The number of phosphoric ester groups is 1. The van der Waals surface area contributed by atoms with Crippen LogP contribution < -0.4 is 10.2 Å². The second-order valence-corrected chi connectivity index (χ2v) is 23.2. The number of unbranched alkanes of at least 4 members (excludes halogenated alkanes) is 31. The zero-order valence-corrected chi connectivity index (χ0v) is 49.5. The van der Waals surface area contributed by atoms with Crippen LogP contribution in [0.3, 0.4) is 0 Å². The summed E-state index contributed by atoms with van der Waals surface area (Å²) >= 11 is 0. The maximum atomic E-state index is 13.5. The second kappa shape index (κ2) is 53.1. The fraction of sp³-hybridized carbons (Fsp3) is 0.810. The van der Waals surface area contributed by atoms with Gasteiger partial charge in [0.25, 0.3) is 7.82 Å². The maximum Gasteiger partial charge on any atom is 0.306 e. The lowest BCUT2D eigenvalue weighted by atomic mass is 10.0. The zero-order chi connectivity index (χ0) is 53.6. The van der Waals surface area contributed by atoms with Gasteiger partial charge in [-0.15, -0.1) is 0 Å². The van der Waals surface area contributed by atoms with Crippen LogP contribution in [-0.2, 0) is 27.9 Å². The van der Waals surface area contributed by atoms with Gasteiger partial charge in [0.05, 0.1) is 33.8 Å². The highest BCUT2D eigenvalue weighted by atomic mass is 31.2. The van der Waals surface area contributed by atoms with Gasteiger partial charge in [-0.05, 0) is 70.3 Å². The minimum absolute atomic E-state index is 0.0289. The molecule has 426 valence electrons. The topological polar surface area (TPSA) is 114 Å². The van der Waals surface area contributed by atoms with Crippen molar-refractivity contribution in [3.8, 4) is 0 Å². The average Bonchev–Trinajstić information content (AvgIpc) is 3.35. The van der Waals surface area contributed by atoms with Crippen LogP contribution in [0.4, 0.5) is 0 Å². The van der Waals surface area contributed by atoms with Crippen molar-refractivity contribution in [2.75, 3.05) is 40.9 Å². The highest BCUT2D eigenvalue weighted by Gasteiger charge is 2.27. The minimum atomic E-state index is -4.70. The number of hydrogen-bond donors (Lipinski definition) is 1. The Morgan fingerprint density at radius 2 is 0.877 bits per heavy atom. The van der Waals surface area contributed by atoms with Crippen molar-refractivity contribution in [2.24, 2.45) is 0 Å². The predicted octanol–water partition coefficient (Wildman–Crippen LogP) is 18.0. The molecule has 3 atom stereocenters. The molecule has 0 spiro atoms. The third-order valence-electron chi connectivity index (χ3n) is 13.5. The third-order valence-corrected chi connectivity index (χ3v) is 14.4. The first-order valence-electron chi connectivity index (χ1n) is 30.6. The molecule has 0 aromatic rings. The molecule has 0 radical (unpaired) electrons. The van der Waals surface area contributed by atoms with Gasteiger partial charge >= 0.3 is 5.97 Å². The highest BCUT2D eigenvalue weighted by molar-refractivity contribution is 7.45. The number of esters is 1. The summed E-state index contributed by atoms with van der Waals surface area (Å²) in [6.45, 7) is 6.72. The van der Waals surface area contributed by atoms with Crippen LogP contribution in [0, 0.1) is 0 Å². The molecule has 9 nitrogen and oxygen atoms in total. The van der Waals surface area contributed by atoms with Crippen molar-refractivity contribution in [2.45, 2.75) is 290 Å². The Labute approximate surface area is 451 Å². The van der Waals surface area contributed by atoms with Gasteiger partial charge in [-0.2, -0.15) is 0 Å². The van der Waals surface area contributed by atoms with E-state index in [0.717, 1.165) is 83.5 Å². The molecule has 0 bridgehead atoms. The van der Waals surface area contributed by atoms with E-state index in [2.05, 4.69) is 74.7 Å². The van der Waals surface area contributed by atoms with Crippen LogP contribution >= 0.6 is 7.82 Å². The molecule has 0 saturated heterocycles. The molecule has 1 N–H and O–H groups in total. The van der Waals surface area contributed by atoms with E-state index in [4.69, 9.17) is 13.8 Å². The molecule has 10 heteroatoms. The van der Waals surface area contributed by atoms with E-state index in [0.29, 0.717) is 17.4 Å². The van der Waals surface area contributed by atoms with Gasteiger partial charge in [0.2, 0.25) is 5.91 Å². The van der Waals surface area contributed by atoms with Gasteiger partial charge in [-0.3, -0.25) is 14.2 Å². The first-order chi connectivity index (χ1) is 35.4. The fourth-order valence-corrected chi connectivity index (χ4v) is 9.47. The standard InChI is InChI=1S/C63H117N2O7P/c1-7-10-13-16-19-22-25-28-30-32-33-34-36-38-41-44-47-50-53-56-63(67)72-61(54-51-48-45-42-39-27-24-21-18-15-12-9-3)60(59-71-73(68,69)70-58-57-65(4,5)6)64-62(66)55-52-49-46-43-40-37-35-31-29-26-23-20-17-14-11-8-2/h11,14,20,23,29,31,37,40,51,54,60-61H,7-10,12-13,15-19,21-22,24-28,30,32-36,38-39,41-50,52-53,55-59H2,1-6H3,(H-,64,66,68,69)/b14-11+,23-20+,31-29+,40-37+,54-51+. The van der Waals surface area contributed by atoms with Crippen molar-refractivity contribution in [3.05, 3.63) is 60.8 Å². The Kier molecular flexibility index (Phi) is 51.5. The summed E-state index contributed by atoms with van der Waals surface area (Å²) in [5, 5.41) is 3.01. The number of ether oxygens (including phenoxy) is 1. The van der Waals surface area contributed by atoms with E-state index in [-0.39, 0.29) is 31.3 Å². The number of carbonyl (C=O) groups excluding carboxylic acids is 2. The lowest BCUT2D eigenvalue weighted by Gasteiger charge is -2.30. The van der Waals surface area contributed by atoms with E-state index in [1.165, 1.54) is 154 Å². The summed E-state index contributed by atoms with van der Waals surface area (Å²) in [6, 6.07) is -0.904.